The highest BCUT2D eigenvalue weighted by Crippen LogP contribution is 2.41. The third-order valence-electron chi connectivity index (χ3n) is 18.8. The van der Waals surface area contributed by atoms with Crippen LogP contribution in [0.1, 0.15) is 119 Å². The topological polar surface area (TPSA) is 375 Å². The number of rotatable bonds is 25. The number of aromatic nitrogens is 6. The van der Waals surface area contributed by atoms with Crippen molar-refractivity contribution in [2.75, 3.05) is 31.4 Å². The lowest BCUT2D eigenvalue weighted by atomic mass is 9.88. The third kappa shape index (κ3) is 26.6. The minimum atomic E-state index is -5.18. The lowest BCUT2D eigenvalue weighted by Gasteiger charge is -2.19. The van der Waals surface area contributed by atoms with E-state index in [0.29, 0.717) is 35.2 Å². The number of nitro groups is 2. The molecule has 0 aliphatic rings. The molecule has 12 aromatic rings. The van der Waals surface area contributed by atoms with Crippen LogP contribution in [0.5, 0.6) is 23.0 Å². The molecule has 0 aliphatic carbocycles. The van der Waals surface area contributed by atoms with Gasteiger partial charge in [-0.05, 0) is 162 Å². The molecule has 0 bridgehead atoms. The molecule has 1 amide bonds. The van der Waals surface area contributed by atoms with Crippen molar-refractivity contribution in [3.05, 3.63) is 350 Å². The van der Waals surface area contributed by atoms with Crippen molar-refractivity contribution >= 4 is 75.4 Å². The predicted molar refractivity (Wildman–Crippen MR) is 427 cm³/mol. The number of benzene rings is 7. The van der Waals surface area contributed by atoms with Gasteiger partial charge in [-0.15, -0.1) is 69.8 Å². The number of pyridine rings is 4. The van der Waals surface area contributed by atoms with Gasteiger partial charge in [-0.2, -0.15) is 0 Å². The van der Waals surface area contributed by atoms with E-state index in [0.717, 1.165) is 110 Å². The fourth-order valence-corrected chi connectivity index (χ4v) is 12.6. The van der Waals surface area contributed by atoms with Gasteiger partial charge in [0.1, 0.15) is 40.2 Å². The molecular formula is C84H60ClF20N11O17. The number of nitro benzene ring substituents is 2. The largest absolute Gasteiger partial charge is 0.573 e. The molecule has 5 aromatic heterocycles. The average Bonchev–Trinajstić information content (AvgIpc) is 0.590. The first-order chi connectivity index (χ1) is 61.9. The molecule has 4 atom stereocenters. The number of hydrogen-bond acceptors (Lipinski definition) is 23. The predicted octanol–water partition coefficient (Wildman–Crippen LogP) is 18.0. The number of methoxy groups -OCH3 is 1. The van der Waals surface area contributed by atoms with Crippen LogP contribution < -0.4 is 46.0 Å². The number of nitrogens with two attached hydrogens (primary N) is 1. The summed E-state index contributed by atoms with van der Waals surface area (Å²) in [6.45, 7) is 0. The lowest BCUT2D eigenvalue weighted by Crippen LogP contribution is -2.39. The fraction of sp³-hybridized carbons (Fsp3) is 0.179. The second kappa shape index (κ2) is 43.3. The Morgan fingerprint density at radius 3 is 1.11 bits per heavy atom. The number of anilines is 2. The second-order valence-corrected chi connectivity index (χ2v) is 27.2. The number of esters is 1. The van der Waals surface area contributed by atoms with Crippen LogP contribution >= 0.6 is 12.4 Å². The normalized spacial score (nSPS) is 12.2. The first-order valence-corrected chi connectivity index (χ1v) is 36.9. The second-order valence-electron chi connectivity index (χ2n) is 27.2. The van der Waals surface area contributed by atoms with E-state index in [2.05, 4.69) is 48.9 Å². The standard InChI is InChI=1S/C25H18F5N3O7.C24H16F5N3O5.C22H16F5N3O4.C13H9F5N2O.ClH/c1-32(23(35)24(36)39-2)19-11-14(5-7-18(19)33(37)38)20(34)12-15(22-16(26)4-3-9-31-22)13-6-8-21(17(27)10-13)40-25(28,29)30;1-31-18-10-13(4-6-17(18)32(36)23(35)22(31)34)19(33)11-14(21-15(25)3-2-8-30-21)12-5-7-20(16(26)9-12)37-24(27,28)29;1-28-17-10-13(4-6-18(17)30(32)33)19(31)11-14(21-15(23)3-2-8-29-21)12-5-7-20(16(24)9-12)34-22(25,26)27;14-8-2-1-5-20-12(8)11(19)7-3-4-10(9(15)6-7)21-13(16,17)18;/h3-11,15H,12H2,1-2H3;2-10,14,36H,11H2,1H3;2-10,14,28H,11H2,1H3;1-6,11H,19H2;1H/t15-;2*14-;11-;/m0000./s1. The molecule has 12 rings (SSSR count). The number of alkyl halides is 12. The highest BCUT2D eigenvalue weighted by molar-refractivity contribution is 6.38. The van der Waals surface area contributed by atoms with Crippen LogP contribution in [0.25, 0.3) is 11.0 Å². The number of fused-ring (bicyclic) bond motifs is 1. The van der Waals surface area contributed by atoms with Crippen LogP contribution in [0.15, 0.2) is 210 Å². The first kappa shape index (κ1) is 103. The van der Waals surface area contributed by atoms with Gasteiger partial charge in [-0.25, -0.2) is 39.9 Å². The van der Waals surface area contributed by atoms with Gasteiger partial charge in [0.05, 0.1) is 51.3 Å². The maximum Gasteiger partial charge on any atom is 0.573 e. The van der Waals surface area contributed by atoms with E-state index in [1.807, 2.05) is 0 Å². The molecule has 133 heavy (non-hydrogen) atoms. The van der Waals surface area contributed by atoms with Crippen molar-refractivity contribution < 1.29 is 151 Å². The maximum atomic E-state index is 14.7. The van der Waals surface area contributed by atoms with E-state index in [4.69, 9.17) is 5.73 Å². The smallest absolute Gasteiger partial charge is 0.462 e. The van der Waals surface area contributed by atoms with Crippen molar-refractivity contribution in [1.82, 2.24) is 29.2 Å². The van der Waals surface area contributed by atoms with Gasteiger partial charge in [0, 0.05) is 112 Å². The van der Waals surface area contributed by atoms with Gasteiger partial charge < -0.3 is 44.5 Å². The van der Waals surface area contributed by atoms with Crippen LogP contribution in [0, 0.1) is 66.8 Å². The molecule has 0 aliphatic heterocycles. The molecule has 700 valence electrons. The molecule has 0 saturated carbocycles. The summed E-state index contributed by atoms with van der Waals surface area (Å²) in [7, 11) is 4.65. The number of Topliss-reactive ketones (excluding diaryl/α,β-unsaturated/α-hetero) is 3. The highest BCUT2D eigenvalue weighted by Gasteiger charge is 2.39. The van der Waals surface area contributed by atoms with Crippen LogP contribution in [0.2, 0.25) is 0 Å². The Balaban J connectivity index is 0.000000222. The molecular weight excluding hydrogens is 1850 g/mol. The zero-order chi connectivity index (χ0) is 97.5. The summed E-state index contributed by atoms with van der Waals surface area (Å²) in [5.41, 5.74) is 0.950. The highest BCUT2D eigenvalue weighted by atomic mass is 35.5. The van der Waals surface area contributed by atoms with Crippen molar-refractivity contribution in [3.63, 3.8) is 0 Å². The van der Waals surface area contributed by atoms with E-state index in [9.17, 15) is 147 Å². The van der Waals surface area contributed by atoms with Gasteiger partial charge in [0.15, 0.2) is 63.6 Å². The summed E-state index contributed by atoms with van der Waals surface area (Å²) in [6.07, 6.45) is -17.0. The summed E-state index contributed by atoms with van der Waals surface area (Å²) in [4.78, 5) is 124. The molecule has 5 heterocycles. The summed E-state index contributed by atoms with van der Waals surface area (Å²) in [5, 5.41) is 35.1. The zero-order valence-electron chi connectivity index (χ0n) is 67.5. The minimum Gasteiger partial charge on any atom is -0.462 e. The summed E-state index contributed by atoms with van der Waals surface area (Å²) in [6, 6.07) is 28.5. The molecule has 0 unspecified atom stereocenters. The van der Waals surface area contributed by atoms with Crippen molar-refractivity contribution in [3.8, 4) is 23.0 Å². The summed E-state index contributed by atoms with van der Waals surface area (Å²) in [5.74, 6) is -21.3. The van der Waals surface area contributed by atoms with Crippen molar-refractivity contribution in [2.24, 2.45) is 12.8 Å². The average molecular weight is 1910 g/mol. The molecule has 0 spiro atoms. The fourth-order valence-electron chi connectivity index (χ4n) is 12.6. The van der Waals surface area contributed by atoms with Gasteiger partial charge in [-0.3, -0.25) is 73.8 Å². The molecule has 4 N–H and O–H groups in total. The number of carbonyl (C=O) groups is 5. The van der Waals surface area contributed by atoms with E-state index < -0.39 is 200 Å². The van der Waals surface area contributed by atoms with Gasteiger partial charge >= 0.3 is 48.4 Å². The zero-order valence-corrected chi connectivity index (χ0v) is 68.3. The number of nitrogens with zero attached hydrogens (tertiary/aromatic N) is 9. The number of amides is 1. The Kier molecular flexibility index (Phi) is 33.5. The minimum absolute atomic E-state index is 0. The number of carbonyl (C=O) groups excluding carboxylic acids is 5. The van der Waals surface area contributed by atoms with Gasteiger partial charge in [0.2, 0.25) is 0 Å². The molecule has 0 fully saturated rings. The Morgan fingerprint density at radius 1 is 0.451 bits per heavy atom. The molecule has 49 heteroatoms. The molecule has 0 saturated heterocycles. The monoisotopic (exact) mass is 1910 g/mol. The van der Waals surface area contributed by atoms with E-state index in [1.165, 1.54) is 93.5 Å². The van der Waals surface area contributed by atoms with E-state index in [1.54, 1.807) is 0 Å². The van der Waals surface area contributed by atoms with E-state index in [-0.39, 0.29) is 101 Å². The molecule has 28 nitrogen and oxygen atoms in total. The third-order valence-corrected chi connectivity index (χ3v) is 18.8. The maximum absolute atomic E-state index is 14.7. The number of ether oxygens (including phenoxy) is 5. The SMILES string of the molecule is CNc1cc(C(=O)C[C@@H](c2ccc(OC(F)(F)F)c(F)c2)c2ncccc2F)ccc1[N+](=O)[O-].COC(=O)C(=O)N(C)c1cc(C(=O)C[C@@H](c2ccc(OC(F)(F)F)c(F)c2)c2ncccc2F)ccc1[N+](=O)[O-].Cl.Cn1c(=O)c(=O)n(O)c2ccc(C(=O)C[C@@H](c3ccc(OC(F)(F)F)c(F)c3)c3ncccc3F)cc21.N[C@@H](c1ccc(OC(F)(F)F)c(F)c1)c1ncccc1F. The number of halogens is 21. The number of likely N-dealkylation sites (N-methyl/N-ethyl adjacent to an activating group) is 1. The summed E-state index contributed by atoms with van der Waals surface area (Å²) >= 11 is 0. The number of hydrogen-bond donors (Lipinski definition) is 3. The van der Waals surface area contributed by atoms with Crippen molar-refractivity contribution in [1.29, 1.82) is 0 Å². The Hall–Kier alpha value is -15.5. The lowest BCUT2D eigenvalue weighted by molar-refractivity contribution is -0.384. The van der Waals surface area contributed by atoms with Gasteiger partial charge in [-0.1, -0.05) is 24.3 Å². The van der Waals surface area contributed by atoms with Crippen LogP contribution in [0.4, 0.5) is 111 Å². The van der Waals surface area contributed by atoms with Crippen LogP contribution in [0.3, 0.4) is 0 Å². The van der Waals surface area contributed by atoms with Crippen molar-refractivity contribution in [2.45, 2.75) is 68.5 Å². The molecule has 0 radical (unpaired) electrons. The quantitative estimate of drug-likeness (QED) is 0.00910. The Labute approximate surface area is 738 Å². The first-order valence-electron chi connectivity index (χ1n) is 36.9. The molecule has 7 aromatic carbocycles. The number of ketones is 3. The number of nitrogens with one attached hydrogen (secondary N) is 1. The van der Waals surface area contributed by atoms with Gasteiger partial charge in [0.25, 0.3) is 11.4 Å². The Bertz CT molecular complexity index is 6510. The Morgan fingerprint density at radius 2 is 0.774 bits per heavy atom. The van der Waals surface area contributed by atoms with E-state index >= 15 is 0 Å². The summed E-state index contributed by atoms with van der Waals surface area (Å²) < 4.78 is 283. The van der Waals surface area contributed by atoms with Crippen LogP contribution in [-0.4, -0.2) is 120 Å². The van der Waals surface area contributed by atoms with Crippen LogP contribution in [-0.2, 0) is 21.4 Å². The number of aryl methyl sites for hydroxylation is 1.